The van der Waals surface area contributed by atoms with E-state index in [1.54, 1.807) is 20.3 Å². The average molecular weight is 555 g/mol. The zero-order valence-electron chi connectivity index (χ0n) is 22.0. The second-order valence-corrected chi connectivity index (χ2v) is 9.91. The topological polar surface area (TPSA) is 125 Å². The largest absolute Gasteiger partial charge is 0.496 e. The van der Waals surface area contributed by atoms with E-state index in [4.69, 9.17) is 28.0 Å². The van der Waals surface area contributed by atoms with Gasteiger partial charge >= 0.3 is 5.75 Å². The van der Waals surface area contributed by atoms with Crippen LogP contribution in [0.15, 0.2) is 54.6 Å². The van der Waals surface area contributed by atoms with Crippen LogP contribution in [0.25, 0.3) is 21.9 Å². The SMILES string of the molecule is COc1cc2c(c(O[Cl+3]([O-])([O-])[O-])c1OC)-c1c(cc(OC)c3c(OC)cc(C)cc13)C(Cc1ccccc1)O2. The molecule has 0 radical (unpaired) electrons. The molecule has 0 amide bonds. The molecule has 1 aliphatic heterocycles. The van der Waals surface area contributed by atoms with Gasteiger partial charge in [-0.25, -0.2) is 0 Å². The van der Waals surface area contributed by atoms with Crippen LogP contribution in [-0.4, -0.2) is 28.4 Å². The summed E-state index contributed by atoms with van der Waals surface area (Å²) in [5.41, 5.74) is 3.46. The van der Waals surface area contributed by atoms with E-state index in [-0.39, 0.29) is 28.6 Å². The molecular formula is C29H27ClO9. The molecular weight excluding hydrogens is 528 g/mol. The van der Waals surface area contributed by atoms with E-state index < -0.39 is 16.3 Å². The molecule has 0 fully saturated rings. The third-order valence-corrected chi connectivity index (χ3v) is 7.01. The summed E-state index contributed by atoms with van der Waals surface area (Å²) in [4.78, 5) is 0. The van der Waals surface area contributed by atoms with Crippen LogP contribution in [0.1, 0.15) is 22.8 Å². The van der Waals surface area contributed by atoms with Crippen LogP contribution in [0.4, 0.5) is 0 Å². The van der Waals surface area contributed by atoms with Gasteiger partial charge in [0.1, 0.15) is 33.6 Å². The van der Waals surface area contributed by atoms with Gasteiger partial charge in [-0.3, -0.25) is 0 Å². The van der Waals surface area contributed by atoms with E-state index >= 15 is 0 Å². The Morgan fingerprint density at radius 1 is 0.769 bits per heavy atom. The fraction of sp³-hybridized carbons (Fsp3) is 0.241. The number of hydrogen-bond acceptors (Lipinski definition) is 9. The van der Waals surface area contributed by atoms with Gasteiger partial charge in [-0.05, 0) is 35.6 Å². The molecule has 0 aliphatic carbocycles. The summed E-state index contributed by atoms with van der Waals surface area (Å²) in [5.74, 6) is 1.11. The van der Waals surface area contributed by atoms with Crippen molar-refractivity contribution in [3.05, 3.63) is 71.3 Å². The Kier molecular flexibility index (Phi) is 7.09. The number of fused-ring (bicyclic) bond motifs is 5. The predicted octanol–water partition coefficient (Wildman–Crippen LogP) is 2.80. The normalized spacial score (nSPS) is 14.2. The highest BCUT2D eigenvalue weighted by molar-refractivity contribution is 6.08. The number of halogens is 1. The summed E-state index contributed by atoms with van der Waals surface area (Å²) >= 11 is 0. The number of hydrogen-bond donors (Lipinski definition) is 0. The lowest BCUT2D eigenvalue weighted by Crippen LogP contribution is -2.63. The lowest BCUT2D eigenvalue weighted by atomic mass is 9.84. The van der Waals surface area contributed by atoms with Gasteiger partial charge in [-0.15, -0.1) is 0 Å². The highest BCUT2D eigenvalue weighted by Crippen LogP contribution is 2.58. The zero-order valence-corrected chi connectivity index (χ0v) is 22.8. The van der Waals surface area contributed by atoms with Gasteiger partial charge < -0.3 is 23.7 Å². The van der Waals surface area contributed by atoms with Crippen molar-refractivity contribution in [1.29, 1.82) is 0 Å². The highest BCUT2D eigenvalue weighted by atomic mass is 35.7. The van der Waals surface area contributed by atoms with Gasteiger partial charge in [0.2, 0.25) is 5.75 Å². The first-order chi connectivity index (χ1) is 18.7. The molecule has 5 rings (SSSR count). The summed E-state index contributed by atoms with van der Waals surface area (Å²) < 4.78 is 69.7. The van der Waals surface area contributed by atoms with Crippen molar-refractivity contribution < 1.29 is 52.2 Å². The van der Waals surface area contributed by atoms with Crippen LogP contribution in [-0.2, 0) is 6.42 Å². The first-order valence-corrected chi connectivity index (χ1v) is 13.2. The Morgan fingerprint density at radius 2 is 1.44 bits per heavy atom. The number of aryl methyl sites for hydroxylation is 1. The van der Waals surface area contributed by atoms with Crippen LogP contribution in [0.5, 0.6) is 34.5 Å². The van der Waals surface area contributed by atoms with Crippen molar-refractivity contribution in [2.45, 2.75) is 19.4 Å². The molecule has 0 bridgehead atoms. The third-order valence-electron chi connectivity index (χ3n) is 6.67. The fourth-order valence-corrected chi connectivity index (χ4v) is 5.47. The minimum atomic E-state index is -4.89. The Balaban J connectivity index is 1.92. The quantitative estimate of drug-likeness (QED) is 0.323. The molecule has 1 heterocycles. The molecule has 0 saturated heterocycles. The monoisotopic (exact) mass is 554 g/mol. The van der Waals surface area contributed by atoms with Crippen LogP contribution in [0.2, 0.25) is 0 Å². The van der Waals surface area contributed by atoms with Gasteiger partial charge in [-0.1, -0.05) is 40.7 Å². The van der Waals surface area contributed by atoms with Gasteiger partial charge in [-0.2, -0.15) is 14.0 Å². The van der Waals surface area contributed by atoms with E-state index in [1.807, 2.05) is 55.5 Å². The van der Waals surface area contributed by atoms with Crippen molar-refractivity contribution in [3.8, 4) is 45.6 Å². The molecule has 1 unspecified atom stereocenters. The molecule has 0 saturated carbocycles. The van der Waals surface area contributed by atoms with E-state index in [1.165, 1.54) is 14.2 Å². The Bertz CT molecular complexity index is 1530. The number of rotatable bonds is 8. The summed E-state index contributed by atoms with van der Waals surface area (Å²) in [7, 11) is 0.955. The lowest BCUT2D eigenvalue weighted by molar-refractivity contribution is -1.91. The van der Waals surface area contributed by atoms with E-state index in [2.05, 4.69) is 0 Å². The minimum absolute atomic E-state index is 0.0668. The summed E-state index contributed by atoms with van der Waals surface area (Å²) in [6.07, 6.45) is -0.0138. The highest BCUT2D eigenvalue weighted by Gasteiger charge is 2.40. The summed E-state index contributed by atoms with van der Waals surface area (Å²) in [5, 5.41) is 1.36. The Morgan fingerprint density at radius 3 is 2.05 bits per heavy atom. The Labute approximate surface area is 227 Å². The standard InChI is InChI=1S/C29H27ClO9/c1-16-11-19-25-18(14-22(35-3)26(19)21(12-16)34-2)20(13-17-9-7-6-8-10-17)38-23-15-24(36-4)28(37-5)29(27(23)25)39-30(31,32)33/h6-12,14-15,20H,13H2,1-5H3. The predicted molar refractivity (Wildman–Crippen MR) is 134 cm³/mol. The Hall–Kier alpha value is -3.89. The summed E-state index contributed by atoms with van der Waals surface area (Å²) in [6.45, 7) is 1.92. The van der Waals surface area contributed by atoms with Crippen molar-refractivity contribution in [1.82, 2.24) is 0 Å². The lowest BCUT2D eigenvalue weighted by Gasteiger charge is -2.32. The van der Waals surface area contributed by atoms with Crippen molar-refractivity contribution in [3.63, 3.8) is 0 Å². The third kappa shape index (κ3) is 4.86. The van der Waals surface area contributed by atoms with Crippen molar-refractivity contribution in [2.75, 3.05) is 28.4 Å². The molecule has 0 aromatic heterocycles. The van der Waals surface area contributed by atoms with E-state index in [0.29, 0.717) is 39.8 Å². The molecule has 10 heteroatoms. The van der Waals surface area contributed by atoms with Crippen molar-refractivity contribution >= 4 is 10.8 Å². The average Bonchev–Trinajstić information content (AvgIpc) is 2.91. The van der Waals surface area contributed by atoms with Crippen molar-refractivity contribution in [2.24, 2.45) is 0 Å². The number of benzene rings is 4. The fourth-order valence-electron chi connectivity index (χ4n) is 5.13. The number of methoxy groups -OCH3 is 4. The van der Waals surface area contributed by atoms with Crippen LogP contribution in [0, 0.1) is 17.2 Å². The van der Waals surface area contributed by atoms with Gasteiger partial charge in [0, 0.05) is 23.6 Å². The molecule has 0 N–H and O–H groups in total. The molecule has 1 atom stereocenters. The number of ether oxygens (including phenoxy) is 5. The zero-order chi connectivity index (χ0) is 27.9. The second-order valence-electron chi connectivity index (χ2n) is 9.00. The molecule has 9 nitrogen and oxygen atoms in total. The van der Waals surface area contributed by atoms with Crippen LogP contribution >= 0.6 is 0 Å². The smallest absolute Gasteiger partial charge is 0.345 e. The molecule has 4 aromatic carbocycles. The first-order valence-electron chi connectivity index (χ1n) is 12.0. The van der Waals surface area contributed by atoms with Gasteiger partial charge in [0.25, 0.3) is 0 Å². The van der Waals surface area contributed by atoms with Gasteiger partial charge in [0.15, 0.2) is 5.75 Å². The van der Waals surface area contributed by atoms with Gasteiger partial charge in [0.05, 0.1) is 39.4 Å². The molecule has 204 valence electrons. The van der Waals surface area contributed by atoms with E-state index in [0.717, 1.165) is 11.1 Å². The maximum Gasteiger partial charge on any atom is 0.345 e. The van der Waals surface area contributed by atoms with Crippen LogP contribution in [0.3, 0.4) is 0 Å². The molecule has 4 aromatic rings. The van der Waals surface area contributed by atoms with Crippen LogP contribution < -0.4 is 42.0 Å². The second kappa shape index (κ2) is 10.3. The molecule has 1 aliphatic rings. The van der Waals surface area contributed by atoms with E-state index in [9.17, 15) is 14.0 Å². The maximum absolute atomic E-state index is 11.9. The maximum atomic E-state index is 11.9. The first kappa shape index (κ1) is 26.7. The minimum Gasteiger partial charge on any atom is -0.496 e. The molecule has 39 heavy (non-hydrogen) atoms. The summed E-state index contributed by atoms with van der Waals surface area (Å²) in [6, 6.07) is 17.1. The molecule has 0 spiro atoms.